The Labute approximate surface area is 158 Å². The number of amides is 1. The number of carbonyl (C=O) groups excluding carboxylic acids is 1. The zero-order valence-electron chi connectivity index (χ0n) is 13.2. The van der Waals surface area contributed by atoms with Crippen molar-refractivity contribution in [2.45, 2.75) is 13.0 Å². The monoisotopic (exact) mass is 392 g/mol. The number of thiazole rings is 1. The molecule has 5 nitrogen and oxygen atoms in total. The summed E-state index contributed by atoms with van der Waals surface area (Å²) in [5, 5.41) is 8.51. The zero-order valence-corrected chi connectivity index (χ0v) is 15.5. The van der Waals surface area contributed by atoms with Crippen molar-refractivity contribution in [2.24, 2.45) is 5.10 Å². The minimum Gasteiger partial charge on any atom is -0.350 e. The van der Waals surface area contributed by atoms with Gasteiger partial charge in [0.2, 0.25) is 0 Å². The van der Waals surface area contributed by atoms with E-state index >= 15 is 0 Å². The number of hydrogen-bond donors (Lipinski definition) is 2. The first-order valence-electron chi connectivity index (χ1n) is 7.43. The highest BCUT2D eigenvalue weighted by Crippen LogP contribution is 2.26. The van der Waals surface area contributed by atoms with E-state index in [1.807, 2.05) is 24.3 Å². The number of nitrogens with zero attached hydrogens (tertiary/aromatic N) is 2. The minimum absolute atomic E-state index is 0.284. The van der Waals surface area contributed by atoms with Crippen molar-refractivity contribution in [3.8, 4) is 0 Å². The van der Waals surface area contributed by atoms with Gasteiger partial charge < -0.3 is 5.32 Å². The SMILES string of the molecule is C[C@H](Nc1nc2ccccc2s1)C(=O)N/N=C\c1cccc(Cl)c1Cl. The number of benzene rings is 2. The number of fused-ring (bicyclic) bond motifs is 1. The van der Waals surface area contributed by atoms with E-state index in [9.17, 15) is 4.79 Å². The van der Waals surface area contributed by atoms with Gasteiger partial charge in [0.05, 0.1) is 26.5 Å². The summed E-state index contributed by atoms with van der Waals surface area (Å²) in [6.45, 7) is 1.74. The Morgan fingerprint density at radius 2 is 2.04 bits per heavy atom. The van der Waals surface area contributed by atoms with E-state index in [-0.39, 0.29) is 5.91 Å². The molecule has 1 heterocycles. The summed E-state index contributed by atoms with van der Waals surface area (Å²) in [5.41, 5.74) is 4.00. The number of nitrogens with one attached hydrogen (secondary N) is 2. The van der Waals surface area contributed by atoms with Gasteiger partial charge in [-0.2, -0.15) is 5.10 Å². The first-order valence-corrected chi connectivity index (χ1v) is 9.01. The molecule has 0 saturated heterocycles. The largest absolute Gasteiger partial charge is 0.350 e. The third-order valence-electron chi connectivity index (χ3n) is 3.39. The summed E-state index contributed by atoms with van der Waals surface area (Å²) >= 11 is 13.5. The van der Waals surface area contributed by atoms with Gasteiger partial charge in [-0.25, -0.2) is 10.4 Å². The average Bonchev–Trinajstić information content (AvgIpc) is 3.00. The topological polar surface area (TPSA) is 66.4 Å². The molecule has 0 fully saturated rings. The molecule has 0 aliphatic carbocycles. The molecule has 0 aliphatic heterocycles. The van der Waals surface area contributed by atoms with E-state index in [4.69, 9.17) is 23.2 Å². The molecular weight excluding hydrogens is 379 g/mol. The number of aromatic nitrogens is 1. The number of hydrazone groups is 1. The summed E-state index contributed by atoms with van der Waals surface area (Å²) in [7, 11) is 0. The highest BCUT2D eigenvalue weighted by molar-refractivity contribution is 7.22. The Balaban J connectivity index is 1.60. The van der Waals surface area contributed by atoms with Gasteiger partial charge in [0.25, 0.3) is 5.91 Å². The van der Waals surface area contributed by atoms with E-state index in [1.165, 1.54) is 17.6 Å². The number of hydrogen-bond acceptors (Lipinski definition) is 5. The van der Waals surface area contributed by atoms with Crippen LogP contribution in [0.25, 0.3) is 10.2 Å². The summed E-state index contributed by atoms with van der Waals surface area (Å²) in [5.74, 6) is -0.284. The molecule has 0 saturated carbocycles. The normalized spacial score (nSPS) is 12.4. The number of anilines is 1. The maximum absolute atomic E-state index is 12.1. The van der Waals surface area contributed by atoms with Crippen LogP contribution in [0.3, 0.4) is 0 Å². The van der Waals surface area contributed by atoms with Crippen LogP contribution in [-0.2, 0) is 4.79 Å². The third-order valence-corrected chi connectivity index (χ3v) is 5.19. The third kappa shape index (κ3) is 4.28. The van der Waals surface area contributed by atoms with Crippen LogP contribution in [0.15, 0.2) is 47.6 Å². The number of halogens is 2. The molecular formula is C17H14Cl2N4OS. The highest BCUT2D eigenvalue weighted by atomic mass is 35.5. The van der Waals surface area contributed by atoms with Gasteiger partial charge in [0.1, 0.15) is 6.04 Å². The Morgan fingerprint density at radius 1 is 1.24 bits per heavy atom. The Hall–Kier alpha value is -2.15. The number of rotatable bonds is 5. The van der Waals surface area contributed by atoms with Crippen molar-refractivity contribution in [3.05, 3.63) is 58.1 Å². The molecule has 0 bridgehead atoms. The van der Waals surface area contributed by atoms with Crippen molar-refractivity contribution in [3.63, 3.8) is 0 Å². The highest BCUT2D eigenvalue weighted by Gasteiger charge is 2.14. The minimum atomic E-state index is -0.493. The Bertz CT molecular complexity index is 908. The fraction of sp³-hybridized carbons (Fsp3) is 0.118. The molecule has 3 rings (SSSR count). The molecule has 128 valence electrons. The zero-order chi connectivity index (χ0) is 17.8. The first kappa shape index (κ1) is 17.7. The van der Waals surface area contributed by atoms with Gasteiger partial charge in [-0.3, -0.25) is 4.79 Å². The van der Waals surface area contributed by atoms with Gasteiger partial charge in [-0.05, 0) is 25.1 Å². The lowest BCUT2D eigenvalue weighted by Gasteiger charge is -2.10. The number of carbonyl (C=O) groups is 1. The maximum Gasteiger partial charge on any atom is 0.262 e. The van der Waals surface area contributed by atoms with Crippen LogP contribution < -0.4 is 10.7 Å². The van der Waals surface area contributed by atoms with Crippen molar-refractivity contribution < 1.29 is 4.79 Å². The predicted molar refractivity (Wildman–Crippen MR) is 105 cm³/mol. The molecule has 0 unspecified atom stereocenters. The molecule has 2 N–H and O–H groups in total. The maximum atomic E-state index is 12.1. The lowest BCUT2D eigenvalue weighted by molar-refractivity contribution is -0.121. The summed E-state index contributed by atoms with van der Waals surface area (Å²) in [6, 6.07) is 12.5. The first-order chi connectivity index (χ1) is 12.0. The smallest absolute Gasteiger partial charge is 0.262 e. The van der Waals surface area contributed by atoms with Crippen molar-refractivity contribution in [2.75, 3.05) is 5.32 Å². The quantitative estimate of drug-likeness (QED) is 0.494. The van der Waals surface area contributed by atoms with Crippen LogP contribution in [0.1, 0.15) is 12.5 Å². The van der Waals surface area contributed by atoms with Crippen LogP contribution in [0.4, 0.5) is 5.13 Å². The summed E-state index contributed by atoms with van der Waals surface area (Å²) < 4.78 is 1.06. The van der Waals surface area contributed by atoms with Gasteiger partial charge in [-0.15, -0.1) is 0 Å². The molecule has 1 amide bonds. The van der Waals surface area contributed by atoms with Crippen molar-refractivity contribution >= 4 is 62.0 Å². The molecule has 8 heteroatoms. The number of para-hydroxylation sites is 1. The summed E-state index contributed by atoms with van der Waals surface area (Å²) in [4.78, 5) is 16.6. The lowest BCUT2D eigenvalue weighted by atomic mass is 10.2. The average molecular weight is 393 g/mol. The van der Waals surface area contributed by atoms with E-state index in [2.05, 4.69) is 20.8 Å². The Morgan fingerprint density at radius 3 is 2.84 bits per heavy atom. The van der Waals surface area contributed by atoms with E-state index in [1.54, 1.807) is 25.1 Å². The van der Waals surface area contributed by atoms with Crippen LogP contribution in [0.2, 0.25) is 10.0 Å². The lowest BCUT2D eigenvalue weighted by Crippen LogP contribution is -2.34. The van der Waals surface area contributed by atoms with Crippen LogP contribution in [-0.4, -0.2) is 23.1 Å². The summed E-state index contributed by atoms with van der Waals surface area (Å²) in [6.07, 6.45) is 1.45. The Kier molecular flexibility index (Phi) is 5.53. The molecule has 1 atom stereocenters. The molecule has 0 radical (unpaired) electrons. The van der Waals surface area contributed by atoms with Crippen LogP contribution in [0.5, 0.6) is 0 Å². The van der Waals surface area contributed by atoms with Crippen LogP contribution in [0, 0.1) is 0 Å². The fourth-order valence-corrected chi connectivity index (χ4v) is 3.38. The molecule has 3 aromatic rings. The molecule has 2 aromatic carbocycles. The van der Waals surface area contributed by atoms with Gasteiger partial charge in [-0.1, -0.05) is 58.8 Å². The standard InChI is InChI=1S/C17H14Cl2N4OS/c1-10(21-17-22-13-7-2-3-8-14(13)25-17)16(24)23-20-9-11-5-4-6-12(18)15(11)19/h2-10H,1H3,(H,21,22)(H,23,24)/b20-9-/t10-/m0/s1. The van der Waals surface area contributed by atoms with Crippen LogP contribution >= 0.6 is 34.5 Å². The molecule has 25 heavy (non-hydrogen) atoms. The second-order valence-corrected chi connectivity index (χ2v) is 7.05. The second-order valence-electron chi connectivity index (χ2n) is 5.23. The van der Waals surface area contributed by atoms with Gasteiger partial charge in [0.15, 0.2) is 5.13 Å². The molecule has 0 spiro atoms. The molecule has 1 aromatic heterocycles. The van der Waals surface area contributed by atoms with Gasteiger partial charge >= 0.3 is 0 Å². The van der Waals surface area contributed by atoms with E-state index in [0.29, 0.717) is 20.7 Å². The van der Waals surface area contributed by atoms with Gasteiger partial charge in [0, 0.05) is 5.56 Å². The second kappa shape index (κ2) is 7.82. The van der Waals surface area contributed by atoms with E-state index < -0.39 is 6.04 Å². The van der Waals surface area contributed by atoms with Crippen molar-refractivity contribution in [1.29, 1.82) is 0 Å². The van der Waals surface area contributed by atoms with Crippen molar-refractivity contribution in [1.82, 2.24) is 10.4 Å². The van der Waals surface area contributed by atoms with E-state index in [0.717, 1.165) is 10.2 Å². The molecule has 0 aliphatic rings. The fourth-order valence-electron chi connectivity index (χ4n) is 2.07. The predicted octanol–water partition coefficient (Wildman–Crippen LogP) is 4.55.